The fraction of sp³-hybridized carbons (Fsp3) is 0.227. The predicted octanol–water partition coefficient (Wildman–Crippen LogP) is 3.81. The van der Waals surface area contributed by atoms with Crippen molar-refractivity contribution in [3.8, 4) is 17.2 Å². The number of fused-ring (bicyclic) bond motifs is 1. The summed E-state index contributed by atoms with van der Waals surface area (Å²) in [5.41, 5.74) is 1.77. The van der Waals surface area contributed by atoms with Gasteiger partial charge in [0, 0.05) is 16.7 Å². The maximum atomic E-state index is 13.2. The quantitative estimate of drug-likeness (QED) is 0.547. The Morgan fingerprint density at radius 1 is 1.12 bits per heavy atom. The Morgan fingerprint density at radius 2 is 1.94 bits per heavy atom. The summed E-state index contributed by atoms with van der Waals surface area (Å²) in [6.45, 7) is 1.96. The number of imide groups is 1. The van der Waals surface area contributed by atoms with Crippen LogP contribution in [0.3, 0.4) is 0 Å². The third-order valence-corrected chi connectivity index (χ3v) is 5.68. The van der Waals surface area contributed by atoms with Gasteiger partial charge in [-0.25, -0.2) is 9.88 Å². The van der Waals surface area contributed by atoms with Crippen LogP contribution in [0, 0.1) is 6.92 Å². The van der Waals surface area contributed by atoms with Gasteiger partial charge in [-0.3, -0.25) is 14.6 Å². The van der Waals surface area contributed by atoms with Crippen molar-refractivity contribution in [3.63, 3.8) is 0 Å². The van der Waals surface area contributed by atoms with Crippen LogP contribution >= 0.6 is 11.6 Å². The average Bonchev–Trinajstić information content (AvgIpc) is 3.44. The summed E-state index contributed by atoms with van der Waals surface area (Å²) in [4.78, 5) is 31.8. The van der Waals surface area contributed by atoms with Crippen LogP contribution in [0.25, 0.3) is 11.5 Å². The number of oxazole rings is 1. The number of methoxy groups -OCH3 is 1. The molecule has 3 aromatic rings. The molecule has 0 spiro atoms. The SMILES string of the molecule is COc1cccc(N2C(=O)[C@H]3N=NN(Cc4nc(-c5cccc(Cl)c5)oc4C)[C@@H]3C2=O)c1. The van der Waals surface area contributed by atoms with Crippen LogP contribution in [0.2, 0.25) is 5.02 Å². The van der Waals surface area contributed by atoms with Gasteiger partial charge in [-0.2, -0.15) is 5.11 Å². The van der Waals surface area contributed by atoms with Crippen LogP contribution in [0.4, 0.5) is 5.69 Å². The number of hydrogen-bond acceptors (Lipinski definition) is 8. The molecule has 2 aromatic carbocycles. The molecule has 2 atom stereocenters. The maximum absolute atomic E-state index is 13.2. The lowest BCUT2D eigenvalue weighted by molar-refractivity contribution is -0.123. The molecule has 0 aliphatic carbocycles. The number of rotatable bonds is 5. The number of halogens is 1. The predicted molar refractivity (Wildman–Crippen MR) is 115 cm³/mol. The molecule has 1 saturated heterocycles. The molecule has 2 aliphatic heterocycles. The normalized spacial score (nSPS) is 19.7. The molecule has 10 heteroatoms. The van der Waals surface area contributed by atoms with E-state index in [2.05, 4.69) is 15.3 Å². The molecule has 5 rings (SSSR count). The number of carbonyl (C=O) groups is 2. The topological polar surface area (TPSA) is 101 Å². The van der Waals surface area contributed by atoms with Gasteiger partial charge < -0.3 is 9.15 Å². The van der Waals surface area contributed by atoms with Crippen LogP contribution in [0.5, 0.6) is 5.75 Å². The van der Waals surface area contributed by atoms with Crippen molar-refractivity contribution in [2.24, 2.45) is 10.3 Å². The minimum Gasteiger partial charge on any atom is -0.497 e. The molecule has 32 heavy (non-hydrogen) atoms. The Kier molecular flexibility index (Phi) is 4.90. The number of ether oxygens (including phenoxy) is 1. The largest absolute Gasteiger partial charge is 0.497 e. The van der Waals surface area contributed by atoms with Crippen LogP contribution < -0.4 is 9.64 Å². The second-order valence-electron chi connectivity index (χ2n) is 7.44. The molecule has 2 amide bonds. The van der Waals surface area contributed by atoms with E-state index in [1.807, 2.05) is 12.1 Å². The van der Waals surface area contributed by atoms with E-state index in [9.17, 15) is 9.59 Å². The summed E-state index contributed by atoms with van der Waals surface area (Å²) in [5.74, 6) is 0.732. The van der Waals surface area contributed by atoms with Gasteiger partial charge in [-0.15, -0.1) is 0 Å². The zero-order valence-electron chi connectivity index (χ0n) is 17.2. The lowest BCUT2D eigenvalue weighted by Gasteiger charge is -2.20. The molecule has 9 nitrogen and oxygen atoms in total. The molecular weight excluding hydrogens is 434 g/mol. The third kappa shape index (κ3) is 3.31. The highest BCUT2D eigenvalue weighted by Crippen LogP contribution is 2.34. The van der Waals surface area contributed by atoms with Crippen LogP contribution in [-0.2, 0) is 16.1 Å². The van der Waals surface area contributed by atoms with Crippen molar-refractivity contribution in [1.82, 2.24) is 9.99 Å². The first-order chi connectivity index (χ1) is 15.5. The van der Waals surface area contributed by atoms with E-state index in [1.165, 1.54) is 12.1 Å². The van der Waals surface area contributed by atoms with Crippen molar-refractivity contribution in [2.45, 2.75) is 25.6 Å². The summed E-state index contributed by atoms with van der Waals surface area (Å²) in [6.07, 6.45) is 0. The number of nitrogens with zero attached hydrogens (tertiary/aromatic N) is 5. The summed E-state index contributed by atoms with van der Waals surface area (Å²) >= 11 is 6.07. The van der Waals surface area contributed by atoms with Gasteiger partial charge in [0.1, 0.15) is 17.2 Å². The molecular formula is C22H18ClN5O4. The average molecular weight is 452 g/mol. The Labute approximate surface area is 188 Å². The van der Waals surface area contributed by atoms with Gasteiger partial charge in [0.05, 0.1) is 19.3 Å². The van der Waals surface area contributed by atoms with Gasteiger partial charge in [-0.05, 0) is 37.3 Å². The highest BCUT2D eigenvalue weighted by molar-refractivity contribution is 6.30. The number of aryl methyl sites for hydroxylation is 1. The standard InChI is InChI=1S/C22H18ClN5O4/c1-12-17(24-20(32-12)13-5-3-6-14(23)9-13)11-27-19-18(25-26-27)21(29)28(22(19)30)15-7-4-8-16(10-15)31-2/h3-10,18-19H,11H2,1-2H3/t18-,19-/m0/s1. The number of hydrogen-bond donors (Lipinski definition) is 0. The summed E-state index contributed by atoms with van der Waals surface area (Å²) in [5, 5.41) is 10.2. The second-order valence-corrected chi connectivity index (χ2v) is 7.87. The molecule has 1 fully saturated rings. The van der Waals surface area contributed by atoms with Crippen molar-refractivity contribution in [3.05, 3.63) is 65.0 Å². The minimum atomic E-state index is -0.895. The zero-order valence-corrected chi connectivity index (χ0v) is 18.0. The molecule has 0 saturated carbocycles. The zero-order chi connectivity index (χ0) is 22.4. The van der Waals surface area contributed by atoms with E-state index >= 15 is 0 Å². The fourth-order valence-electron chi connectivity index (χ4n) is 3.83. The van der Waals surface area contributed by atoms with Crippen molar-refractivity contribution >= 4 is 29.1 Å². The van der Waals surface area contributed by atoms with Crippen molar-refractivity contribution < 1.29 is 18.7 Å². The van der Waals surface area contributed by atoms with E-state index in [1.54, 1.807) is 43.3 Å². The first-order valence-electron chi connectivity index (χ1n) is 9.88. The molecule has 0 bridgehead atoms. The molecule has 0 N–H and O–H groups in total. The third-order valence-electron chi connectivity index (χ3n) is 5.45. The number of amides is 2. The van der Waals surface area contributed by atoms with Crippen LogP contribution in [0.15, 0.2) is 63.3 Å². The lowest BCUT2D eigenvalue weighted by atomic mass is 10.1. The lowest BCUT2D eigenvalue weighted by Crippen LogP contribution is -2.39. The first-order valence-corrected chi connectivity index (χ1v) is 10.3. The smallest absolute Gasteiger partial charge is 0.263 e. The van der Waals surface area contributed by atoms with E-state index < -0.39 is 23.9 Å². The molecule has 2 aliphatic rings. The fourth-order valence-corrected chi connectivity index (χ4v) is 4.02. The number of benzene rings is 2. The number of anilines is 1. The number of aromatic nitrogens is 1. The maximum Gasteiger partial charge on any atom is 0.263 e. The summed E-state index contributed by atoms with van der Waals surface area (Å²) in [6, 6.07) is 12.2. The van der Waals surface area contributed by atoms with Crippen LogP contribution in [0.1, 0.15) is 11.5 Å². The summed E-state index contributed by atoms with van der Waals surface area (Å²) in [7, 11) is 1.52. The van der Waals surface area contributed by atoms with Gasteiger partial charge in [0.2, 0.25) is 5.89 Å². The van der Waals surface area contributed by atoms with E-state index in [-0.39, 0.29) is 6.54 Å². The Hall–Kier alpha value is -3.72. The van der Waals surface area contributed by atoms with Gasteiger partial charge in [-0.1, -0.05) is 29.0 Å². The van der Waals surface area contributed by atoms with Gasteiger partial charge >= 0.3 is 0 Å². The van der Waals surface area contributed by atoms with E-state index in [0.717, 1.165) is 10.5 Å². The Bertz CT molecular complexity index is 1260. The molecule has 162 valence electrons. The minimum absolute atomic E-state index is 0.172. The van der Waals surface area contributed by atoms with Gasteiger partial charge in [0.15, 0.2) is 12.1 Å². The van der Waals surface area contributed by atoms with Crippen molar-refractivity contribution in [2.75, 3.05) is 12.0 Å². The van der Waals surface area contributed by atoms with E-state index in [0.29, 0.717) is 33.8 Å². The van der Waals surface area contributed by atoms with Crippen molar-refractivity contribution in [1.29, 1.82) is 0 Å². The monoisotopic (exact) mass is 451 g/mol. The second kappa shape index (κ2) is 7.76. The Balaban J connectivity index is 1.40. The van der Waals surface area contributed by atoms with E-state index in [4.69, 9.17) is 20.8 Å². The highest BCUT2D eigenvalue weighted by atomic mass is 35.5. The molecule has 1 aromatic heterocycles. The number of carbonyl (C=O) groups excluding carboxylic acids is 2. The van der Waals surface area contributed by atoms with Crippen LogP contribution in [-0.4, -0.2) is 41.0 Å². The molecule has 0 unspecified atom stereocenters. The highest BCUT2D eigenvalue weighted by Gasteiger charge is 2.55. The molecule has 3 heterocycles. The summed E-state index contributed by atoms with van der Waals surface area (Å²) < 4.78 is 11.0. The molecule has 0 radical (unpaired) electrons. The van der Waals surface area contributed by atoms with Gasteiger partial charge in [0.25, 0.3) is 11.8 Å². The Morgan fingerprint density at radius 3 is 2.72 bits per heavy atom. The first kappa shape index (κ1) is 20.2.